The van der Waals surface area contributed by atoms with E-state index in [1.54, 1.807) is 58.1 Å². The number of benzene rings is 2. The number of methoxy groups -OCH3 is 2. The second-order valence-electron chi connectivity index (χ2n) is 19.6. The number of morpholine rings is 2. The molecule has 12 rings (SSSR count). The molecule has 10 aromatic rings. The van der Waals surface area contributed by atoms with E-state index in [1.165, 1.54) is 12.1 Å². The highest BCUT2D eigenvalue weighted by Crippen LogP contribution is 2.41. The Hall–Kier alpha value is -9.11. The molecule has 0 radical (unpaired) electrons. The summed E-state index contributed by atoms with van der Waals surface area (Å²) < 4.78 is 78.3. The third-order valence-electron chi connectivity index (χ3n) is 14.0. The number of nitrogens with one attached hydrogen (secondary N) is 1. The summed E-state index contributed by atoms with van der Waals surface area (Å²) in [6.45, 7) is 13.4. The van der Waals surface area contributed by atoms with Crippen molar-refractivity contribution in [2.75, 3.05) is 87.7 Å². The maximum absolute atomic E-state index is 15.5. The smallest absolute Gasteiger partial charge is 0.212 e. The van der Waals surface area contributed by atoms with Gasteiger partial charge in [-0.15, -0.1) is 0 Å². The first-order valence-electron chi connectivity index (χ1n) is 26.4. The van der Waals surface area contributed by atoms with Crippen LogP contribution in [-0.4, -0.2) is 107 Å². The summed E-state index contributed by atoms with van der Waals surface area (Å²) in [5.74, 6) is -1.77. The summed E-state index contributed by atoms with van der Waals surface area (Å²) >= 11 is 6.25. The summed E-state index contributed by atoms with van der Waals surface area (Å²) in [5, 5.41) is 4.01. The van der Waals surface area contributed by atoms with Crippen molar-refractivity contribution in [2.45, 2.75) is 27.7 Å². The van der Waals surface area contributed by atoms with Gasteiger partial charge >= 0.3 is 0 Å². The molecule has 424 valence electrons. The topological polar surface area (TPSA) is 185 Å². The van der Waals surface area contributed by atoms with Crippen molar-refractivity contribution >= 4 is 61.8 Å². The summed E-state index contributed by atoms with van der Waals surface area (Å²) in [6, 6.07) is 22.8. The number of hydrogen-bond acceptors (Lipinski definition) is 16. The number of fused-ring (bicyclic) bond motifs is 2. The van der Waals surface area contributed by atoms with E-state index in [-0.39, 0.29) is 26.8 Å². The first kappa shape index (κ1) is 57.1. The molecule has 2 aliphatic heterocycles. The average Bonchev–Trinajstić information content (AvgIpc) is 3.63. The van der Waals surface area contributed by atoms with Crippen molar-refractivity contribution in [1.29, 1.82) is 0 Å². The van der Waals surface area contributed by atoms with Crippen LogP contribution in [0.5, 0.6) is 11.8 Å². The number of pyridine rings is 8. The Morgan fingerprint density at radius 1 is 0.530 bits per heavy atom. The van der Waals surface area contributed by atoms with Gasteiger partial charge in [0.05, 0.1) is 142 Å². The molecule has 0 amide bonds. The highest BCUT2D eigenvalue weighted by atomic mass is 35.5. The van der Waals surface area contributed by atoms with Crippen LogP contribution in [-0.2, 0) is 9.47 Å². The number of aromatic nitrogens is 8. The lowest BCUT2D eigenvalue weighted by Crippen LogP contribution is -2.36. The van der Waals surface area contributed by atoms with Gasteiger partial charge in [0.15, 0.2) is 0 Å². The molecular weight excluding hydrogens is 1090 g/mol. The van der Waals surface area contributed by atoms with Gasteiger partial charge in [0.2, 0.25) is 11.8 Å². The number of halogens is 5. The van der Waals surface area contributed by atoms with Crippen LogP contribution in [0.4, 0.5) is 46.0 Å². The van der Waals surface area contributed by atoms with Gasteiger partial charge in [0, 0.05) is 104 Å². The Bertz CT molecular complexity index is 3980. The van der Waals surface area contributed by atoms with E-state index in [0.29, 0.717) is 81.6 Å². The molecule has 0 aliphatic carbocycles. The molecule has 0 atom stereocenters. The van der Waals surface area contributed by atoms with Gasteiger partial charge in [0.25, 0.3) is 0 Å². The normalized spacial score (nSPS) is 13.2. The molecule has 83 heavy (non-hydrogen) atoms. The molecule has 2 aromatic carbocycles. The van der Waals surface area contributed by atoms with Crippen LogP contribution in [0.25, 0.3) is 67.1 Å². The van der Waals surface area contributed by atoms with Gasteiger partial charge in [-0.05, 0) is 92.9 Å². The Kier molecular flexibility index (Phi) is 17.5. The maximum atomic E-state index is 15.5. The molecule has 21 heteroatoms. The highest BCUT2D eigenvalue weighted by Gasteiger charge is 2.23. The van der Waals surface area contributed by atoms with Crippen LogP contribution < -0.4 is 30.3 Å². The Morgan fingerprint density at radius 3 is 1.51 bits per heavy atom. The van der Waals surface area contributed by atoms with Crippen molar-refractivity contribution in [3.8, 4) is 57.1 Å². The minimum absolute atomic E-state index is 0.131. The molecule has 8 aromatic heterocycles. The quantitative estimate of drug-likeness (QED) is 0.123. The lowest BCUT2D eigenvalue weighted by atomic mass is 10.0. The Balaban J connectivity index is 0.000000154. The van der Waals surface area contributed by atoms with Crippen LogP contribution >= 0.6 is 11.6 Å². The minimum Gasteiger partial charge on any atom is -0.481 e. The van der Waals surface area contributed by atoms with Crippen molar-refractivity contribution in [2.24, 2.45) is 0 Å². The van der Waals surface area contributed by atoms with Gasteiger partial charge in [-0.2, -0.15) is 0 Å². The summed E-state index contributed by atoms with van der Waals surface area (Å²) in [4.78, 5) is 40.0. The zero-order valence-electron chi connectivity index (χ0n) is 46.3. The number of nitrogens with zero attached hydrogens (tertiary/aromatic N) is 10. The number of ether oxygens (including phenoxy) is 4. The zero-order valence-corrected chi connectivity index (χ0v) is 47.0. The fourth-order valence-electron chi connectivity index (χ4n) is 9.65. The molecule has 0 saturated carbocycles. The number of rotatable bonds is 10. The largest absolute Gasteiger partial charge is 0.481 e. The van der Waals surface area contributed by atoms with Crippen LogP contribution in [0, 0.1) is 51.0 Å². The van der Waals surface area contributed by atoms with E-state index in [1.807, 2.05) is 81.7 Å². The maximum Gasteiger partial charge on any atom is 0.212 e. The van der Waals surface area contributed by atoms with E-state index in [0.717, 1.165) is 90.8 Å². The second kappa shape index (κ2) is 25.4. The summed E-state index contributed by atoms with van der Waals surface area (Å²) in [6.07, 6.45) is 10.4. The molecule has 3 N–H and O–H groups in total. The van der Waals surface area contributed by atoms with E-state index in [2.05, 4.69) is 50.0 Å². The molecule has 2 fully saturated rings. The van der Waals surface area contributed by atoms with Crippen LogP contribution in [0.1, 0.15) is 22.3 Å². The molecule has 2 aliphatic rings. The van der Waals surface area contributed by atoms with Crippen LogP contribution in [0.2, 0.25) is 5.02 Å². The van der Waals surface area contributed by atoms with Gasteiger partial charge in [-0.1, -0.05) is 11.6 Å². The monoisotopic (exact) mass is 1140 g/mol. The number of hydrogen-bond donors (Lipinski definition) is 2. The molecule has 2 saturated heterocycles. The number of aryl methyl sites for hydroxylation is 2. The highest BCUT2D eigenvalue weighted by molar-refractivity contribution is 6.36. The van der Waals surface area contributed by atoms with Crippen LogP contribution in [0.3, 0.4) is 0 Å². The molecule has 0 bridgehead atoms. The lowest BCUT2D eigenvalue weighted by Gasteiger charge is -2.29. The van der Waals surface area contributed by atoms with Crippen molar-refractivity contribution in [3.05, 3.63) is 173 Å². The third kappa shape index (κ3) is 12.8. The summed E-state index contributed by atoms with van der Waals surface area (Å²) in [5.41, 5.74) is 18.7. The Labute approximate surface area is 481 Å². The predicted octanol–water partition coefficient (Wildman–Crippen LogP) is 12.7. The van der Waals surface area contributed by atoms with Gasteiger partial charge in [-0.3, -0.25) is 19.9 Å². The second-order valence-corrected chi connectivity index (χ2v) is 20.0. The summed E-state index contributed by atoms with van der Waals surface area (Å²) in [7, 11) is 3.14. The SMILES string of the molecule is COc1ccc(-c2ncc(N3CCOCC3)cc2N)cn1.COc1ccc(-c2ncc(N3CCOCC3)cc2Nc2c(C)c(-c3cc(C)ccn3)nc3cc(F)cc(F)c23)cn1.Cc1ccnc(-c2nc3cc(F)cc(F)c3c(Cl)c2C)c1. The van der Waals surface area contributed by atoms with E-state index in [9.17, 15) is 13.2 Å². The van der Waals surface area contributed by atoms with Gasteiger partial charge < -0.3 is 39.8 Å². The van der Waals surface area contributed by atoms with Crippen LogP contribution in [0.15, 0.2) is 122 Å². The fourth-order valence-corrected chi connectivity index (χ4v) is 9.93. The van der Waals surface area contributed by atoms with E-state index >= 15 is 4.39 Å². The first-order chi connectivity index (χ1) is 40.2. The van der Waals surface area contributed by atoms with Gasteiger partial charge in [0.1, 0.15) is 23.3 Å². The van der Waals surface area contributed by atoms with E-state index in [4.69, 9.17) is 41.3 Å². The van der Waals surface area contributed by atoms with Gasteiger partial charge in [-0.25, -0.2) is 37.5 Å². The molecule has 16 nitrogen and oxygen atoms in total. The molecule has 0 spiro atoms. The minimum atomic E-state index is -0.716. The van der Waals surface area contributed by atoms with Crippen molar-refractivity contribution in [1.82, 2.24) is 39.9 Å². The standard InChI is InChI=1S/C31H28F2N6O2.C16H11ClF2N2.C15H18N4O2/c1-18-6-7-34-25(12-18)29-19(2)30(28-23(33)13-21(32)14-24(28)37-29)38-26-15-22(39-8-10-41-11-9-39)17-36-31(26)20-4-5-27(40-3)35-16-20;1-8-3-4-20-13(5-8)16-9(2)15(17)14-11(19)6-10(18)7-12(14)21-16;1-20-14-3-2-11(9-17-14)15-13(16)8-12(10-18-15)19-4-6-21-7-5-19/h4-7,12-17H,8-11H2,1-3H3,(H,37,38);3-7H,1-2H3;2-3,8-10H,4-7,16H2,1H3. The average molecular weight is 1150 g/mol. The third-order valence-corrected chi connectivity index (χ3v) is 14.4. The first-order valence-corrected chi connectivity index (χ1v) is 26.8. The molecule has 10 heterocycles. The zero-order chi connectivity index (χ0) is 58.3. The number of nitrogen functional groups attached to an aromatic ring is 1. The number of anilines is 5. The van der Waals surface area contributed by atoms with Crippen molar-refractivity contribution in [3.63, 3.8) is 0 Å². The van der Waals surface area contributed by atoms with Crippen molar-refractivity contribution < 1.29 is 36.5 Å². The van der Waals surface area contributed by atoms with E-state index < -0.39 is 23.3 Å². The number of nitrogens with two attached hydrogens (primary N) is 1. The predicted molar refractivity (Wildman–Crippen MR) is 316 cm³/mol. The molecule has 0 unspecified atom stereocenters. The molecular formula is C62H57ClF4N12O4. The Morgan fingerprint density at radius 2 is 1.01 bits per heavy atom. The lowest BCUT2D eigenvalue weighted by molar-refractivity contribution is 0.122. The fraction of sp³-hybridized carbons (Fsp3) is 0.226.